The Morgan fingerprint density at radius 1 is 1.42 bits per heavy atom. The summed E-state index contributed by atoms with van der Waals surface area (Å²) in [6, 6.07) is 6.18. The third kappa shape index (κ3) is 2.79. The molecule has 0 aliphatic carbocycles. The zero-order valence-corrected chi connectivity index (χ0v) is 11.4. The first-order valence-electron chi connectivity index (χ1n) is 5.73. The summed E-state index contributed by atoms with van der Waals surface area (Å²) in [5.41, 5.74) is 0.908. The second-order valence-corrected chi connectivity index (χ2v) is 4.70. The molecular formula is C14H13ClFNO2. The second-order valence-electron chi connectivity index (χ2n) is 4.29. The fraction of sp³-hybridized carbons (Fsp3) is 0.214. The summed E-state index contributed by atoms with van der Waals surface area (Å²) in [6.07, 6.45) is 1.56. The molecule has 19 heavy (non-hydrogen) atoms. The van der Waals surface area contributed by atoms with E-state index >= 15 is 0 Å². The smallest absolute Gasteiger partial charge is 0.257 e. The molecule has 2 rings (SSSR count). The van der Waals surface area contributed by atoms with Gasteiger partial charge in [-0.1, -0.05) is 17.7 Å². The van der Waals surface area contributed by atoms with Crippen LogP contribution in [-0.4, -0.2) is 17.9 Å². The Balaban J connectivity index is 2.20. The first-order chi connectivity index (χ1) is 9.00. The maximum absolute atomic E-state index is 13.8. The minimum atomic E-state index is -0.697. The Labute approximate surface area is 115 Å². The van der Waals surface area contributed by atoms with Gasteiger partial charge in [0.05, 0.1) is 23.4 Å². The molecular weight excluding hydrogens is 269 g/mol. The van der Waals surface area contributed by atoms with Crippen LogP contribution in [-0.2, 0) is 6.54 Å². The zero-order chi connectivity index (χ0) is 14.0. The van der Waals surface area contributed by atoms with E-state index in [9.17, 15) is 9.18 Å². The third-order valence-corrected chi connectivity index (χ3v) is 3.17. The van der Waals surface area contributed by atoms with E-state index in [0.29, 0.717) is 5.76 Å². The van der Waals surface area contributed by atoms with Crippen molar-refractivity contribution < 1.29 is 13.6 Å². The Kier molecular flexibility index (Phi) is 3.90. The summed E-state index contributed by atoms with van der Waals surface area (Å²) >= 11 is 5.67. The molecule has 1 aromatic heterocycles. The van der Waals surface area contributed by atoms with Gasteiger partial charge in [0, 0.05) is 7.05 Å². The van der Waals surface area contributed by atoms with Gasteiger partial charge in [-0.25, -0.2) is 4.39 Å². The lowest BCUT2D eigenvalue weighted by Gasteiger charge is -2.17. The second kappa shape index (κ2) is 5.45. The van der Waals surface area contributed by atoms with Crippen LogP contribution in [0.1, 0.15) is 21.7 Å². The van der Waals surface area contributed by atoms with Crippen LogP contribution in [0.4, 0.5) is 4.39 Å². The number of hydrogen-bond acceptors (Lipinski definition) is 2. The number of aryl methyl sites for hydroxylation is 1. The zero-order valence-electron chi connectivity index (χ0n) is 10.6. The lowest BCUT2D eigenvalue weighted by atomic mass is 10.2. The van der Waals surface area contributed by atoms with Crippen molar-refractivity contribution in [3.63, 3.8) is 0 Å². The van der Waals surface area contributed by atoms with E-state index in [-0.39, 0.29) is 17.1 Å². The van der Waals surface area contributed by atoms with Crippen molar-refractivity contribution >= 4 is 17.5 Å². The van der Waals surface area contributed by atoms with Crippen molar-refractivity contribution in [2.75, 3.05) is 7.05 Å². The highest BCUT2D eigenvalue weighted by atomic mass is 35.5. The van der Waals surface area contributed by atoms with Crippen LogP contribution >= 0.6 is 11.6 Å². The van der Waals surface area contributed by atoms with Crippen LogP contribution in [0.5, 0.6) is 0 Å². The molecule has 0 aliphatic heterocycles. The topological polar surface area (TPSA) is 33.5 Å². The first kappa shape index (κ1) is 13.6. The Bertz CT molecular complexity index is 609. The average Bonchev–Trinajstić information content (AvgIpc) is 2.77. The molecule has 5 heteroatoms. The van der Waals surface area contributed by atoms with Crippen LogP contribution in [0.25, 0.3) is 0 Å². The minimum absolute atomic E-state index is 0.0424. The summed E-state index contributed by atoms with van der Waals surface area (Å²) in [4.78, 5) is 13.5. The lowest BCUT2D eigenvalue weighted by molar-refractivity contribution is 0.0770. The lowest BCUT2D eigenvalue weighted by Crippen LogP contribution is -2.27. The fourth-order valence-corrected chi connectivity index (χ4v) is 1.90. The van der Waals surface area contributed by atoms with Gasteiger partial charge in [0.25, 0.3) is 5.91 Å². The maximum atomic E-state index is 13.8. The van der Waals surface area contributed by atoms with E-state index < -0.39 is 11.7 Å². The maximum Gasteiger partial charge on any atom is 0.257 e. The van der Waals surface area contributed by atoms with Crippen molar-refractivity contribution in [1.29, 1.82) is 0 Å². The molecule has 0 saturated heterocycles. The summed E-state index contributed by atoms with van der Waals surface area (Å²) in [7, 11) is 1.59. The van der Waals surface area contributed by atoms with Gasteiger partial charge < -0.3 is 9.32 Å². The number of carbonyl (C=O) groups excluding carboxylic acids is 1. The number of furan rings is 1. The molecule has 0 atom stereocenters. The molecule has 0 bridgehead atoms. The van der Waals surface area contributed by atoms with Gasteiger partial charge in [0.2, 0.25) is 0 Å². The number of rotatable bonds is 3. The largest absolute Gasteiger partial charge is 0.467 e. The number of halogens is 2. The normalized spacial score (nSPS) is 10.5. The molecule has 0 saturated carbocycles. The molecule has 2 aromatic rings. The van der Waals surface area contributed by atoms with Gasteiger partial charge in [-0.3, -0.25) is 4.79 Å². The van der Waals surface area contributed by atoms with E-state index in [2.05, 4.69) is 0 Å². The predicted octanol–water partition coefficient (Wildman–Crippen LogP) is 3.65. The molecule has 0 fully saturated rings. The highest BCUT2D eigenvalue weighted by Crippen LogP contribution is 2.20. The Hall–Kier alpha value is -1.81. The number of benzene rings is 1. The van der Waals surface area contributed by atoms with Crippen LogP contribution in [0, 0.1) is 12.7 Å². The standard InChI is InChI=1S/C14H13ClFNO2/c1-9-6-7-19-12(9)8-17(2)14(18)10-4-3-5-11(15)13(10)16/h3-7H,8H2,1-2H3. The molecule has 0 N–H and O–H groups in total. The van der Waals surface area contributed by atoms with Gasteiger partial charge >= 0.3 is 0 Å². The van der Waals surface area contributed by atoms with Crippen LogP contribution in [0.3, 0.4) is 0 Å². The highest BCUT2D eigenvalue weighted by molar-refractivity contribution is 6.31. The van der Waals surface area contributed by atoms with E-state index in [1.807, 2.05) is 13.0 Å². The van der Waals surface area contributed by atoms with Gasteiger partial charge in [-0.05, 0) is 30.7 Å². The fourth-order valence-electron chi connectivity index (χ4n) is 1.73. The molecule has 0 aliphatic rings. The number of hydrogen-bond donors (Lipinski definition) is 0. The van der Waals surface area contributed by atoms with Crippen molar-refractivity contribution in [1.82, 2.24) is 4.90 Å². The summed E-state index contributed by atoms with van der Waals surface area (Å²) in [5, 5.41) is -0.0616. The quantitative estimate of drug-likeness (QED) is 0.860. The van der Waals surface area contributed by atoms with Gasteiger partial charge in [-0.2, -0.15) is 0 Å². The summed E-state index contributed by atoms with van der Waals surface area (Å²) < 4.78 is 19.0. The highest BCUT2D eigenvalue weighted by Gasteiger charge is 2.19. The third-order valence-electron chi connectivity index (χ3n) is 2.88. The Morgan fingerprint density at radius 2 is 2.16 bits per heavy atom. The molecule has 0 spiro atoms. The first-order valence-corrected chi connectivity index (χ1v) is 6.11. The predicted molar refractivity (Wildman–Crippen MR) is 70.7 cm³/mol. The summed E-state index contributed by atoms with van der Waals surface area (Å²) in [6.45, 7) is 2.17. The average molecular weight is 282 g/mol. The van der Waals surface area contributed by atoms with Crippen molar-refractivity contribution in [3.8, 4) is 0 Å². The number of amides is 1. The van der Waals surface area contributed by atoms with Crippen molar-refractivity contribution in [2.45, 2.75) is 13.5 Å². The molecule has 1 heterocycles. The minimum Gasteiger partial charge on any atom is -0.467 e. The SMILES string of the molecule is Cc1ccoc1CN(C)C(=O)c1cccc(Cl)c1F. The van der Waals surface area contributed by atoms with Crippen molar-refractivity contribution in [3.05, 3.63) is 58.3 Å². The Morgan fingerprint density at radius 3 is 2.79 bits per heavy atom. The van der Waals surface area contributed by atoms with Crippen LogP contribution in [0.15, 0.2) is 34.9 Å². The summed E-state index contributed by atoms with van der Waals surface area (Å²) in [5.74, 6) is -0.453. The van der Waals surface area contributed by atoms with Gasteiger partial charge in [-0.15, -0.1) is 0 Å². The molecule has 0 unspecified atom stereocenters. The van der Waals surface area contributed by atoms with E-state index in [1.54, 1.807) is 19.4 Å². The van der Waals surface area contributed by atoms with E-state index in [0.717, 1.165) is 5.56 Å². The molecule has 100 valence electrons. The molecule has 0 radical (unpaired) electrons. The van der Waals surface area contributed by atoms with Gasteiger partial charge in [0.15, 0.2) is 5.82 Å². The van der Waals surface area contributed by atoms with E-state index in [1.165, 1.54) is 17.0 Å². The monoisotopic (exact) mass is 281 g/mol. The number of carbonyl (C=O) groups is 1. The molecule has 3 nitrogen and oxygen atoms in total. The van der Waals surface area contributed by atoms with Gasteiger partial charge in [0.1, 0.15) is 5.76 Å². The number of nitrogens with zero attached hydrogens (tertiary/aromatic N) is 1. The van der Waals surface area contributed by atoms with Crippen LogP contribution in [0.2, 0.25) is 5.02 Å². The van der Waals surface area contributed by atoms with Crippen molar-refractivity contribution in [2.24, 2.45) is 0 Å². The molecule has 1 aromatic carbocycles. The molecule has 1 amide bonds. The van der Waals surface area contributed by atoms with E-state index in [4.69, 9.17) is 16.0 Å². The van der Waals surface area contributed by atoms with Crippen LogP contribution < -0.4 is 0 Å².